The Bertz CT molecular complexity index is 735. The number of anilines is 1. The van der Waals surface area contributed by atoms with Gasteiger partial charge in [-0.05, 0) is 19.1 Å². The summed E-state index contributed by atoms with van der Waals surface area (Å²) in [7, 11) is 0. The highest BCUT2D eigenvalue weighted by atomic mass is 16.1. The first-order valence-electron chi connectivity index (χ1n) is 5.78. The third-order valence-corrected chi connectivity index (χ3v) is 2.66. The van der Waals surface area contributed by atoms with Crippen LogP contribution in [0.25, 0.3) is 5.78 Å². The lowest BCUT2D eigenvalue weighted by Gasteiger charge is -2.07. The van der Waals surface area contributed by atoms with E-state index in [9.17, 15) is 4.79 Å². The number of hydrogen-bond donors (Lipinski definition) is 1. The lowest BCUT2D eigenvalue weighted by Crippen LogP contribution is -2.15. The van der Waals surface area contributed by atoms with Gasteiger partial charge in [0.1, 0.15) is 12.1 Å². The van der Waals surface area contributed by atoms with Gasteiger partial charge in [0.2, 0.25) is 0 Å². The van der Waals surface area contributed by atoms with E-state index >= 15 is 0 Å². The standard InChI is InChI=1S/C13H11N5O/c1-9-7-11(18-13(16-9)14-8-15-18)17-12(19)10-5-3-2-4-6-10/h2-8H,1H3,(H,17,19). The van der Waals surface area contributed by atoms with E-state index in [4.69, 9.17) is 0 Å². The average Bonchev–Trinajstić information content (AvgIpc) is 2.88. The number of rotatable bonds is 2. The molecule has 0 aliphatic carbocycles. The molecule has 0 atom stereocenters. The van der Waals surface area contributed by atoms with Crippen LogP contribution in [0.5, 0.6) is 0 Å². The lowest BCUT2D eigenvalue weighted by molar-refractivity contribution is 0.102. The summed E-state index contributed by atoms with van der Waals surface area (Å²) in [6.07, 6.45) is 1.40. The fourth-order valence-corrected chi connectivity index (χ4v) is 1.80. The van der Waals surface area contributed by atoms with Crippen LogP contribution in [-0.4, -0.2) is 25.5 Å². The molecule has 94 valence electrons. The smallest absolute Gasteiger partial charge is 0.256 e. The minimum Gasteiger partial charge on any atom is -0.306 e. The van der Waals surface area contributed by atoms with Gasteiger partial charge in [-0.1, -0.05) is 18.2 Å². The first-order chi connectivity index (χ1) is 9.24. The van der Waals surface area contributed by atoms with Gasteiger partial charge in [0.15, 0.2) is 0 Å². The molecule has 2 heterocycles. The molecule has 0 aliphatic heterocycles. The molecular formula is C13H11N5O. The number of hydrogen-bond acceptors (Lipinski definition) is 4. The Kier molecular flexibility index (Phi) is 2.68. The van der Waals surface area contributed by atoms with E-state index in [-0.39, 0.29) is 5.91 Å². The summed E-state index contributed by atoms with van der Waals surface area (Å²) < 4.78 is 1.49. The van der Waals surface area contributed by atoms with E-state index in [1.54, 1.807) is 18.2 Å². The van der Waals surface area contributed by atoms with Gasteiger partial charge in [-0.25, -0.2) is 4.98 Å². The number of amides is 1. The van der Waals surface area contributed by atoms with Crippen LogP contribution in [0.2, 0.25) is 0 Å². The van der Waals surface area contributed by atoms with E-state index in [1.807, 2.05) is 25.1 Å². The third-order valence-electron chi connectivity index (χ3n) is 2.66. The maximum absolute atomic E-state index is 12.1. The molecule has 0 fully saturated rings. The van der Waals surface area contributed by atoms with Gasteiger partial charge < -0.3 is 5.32 Å². The first-order valence-corrected chi connectivity index (χ1v) is 5.78. The lowest BCUT2D eigenvalue weighted by atomic mass is 10.2. The highest BCUT2D eigenvalue weighted by Crippen LogP contribution is 2.11. The van der Waals surface area contributed by atoms with Gasteiger partial charge in [0, 0.05) is 17.3 Å². The minimum atomic E-state index is -0.192. The zero-order valence-electron chi connectivity index (χ0n) is 10.2. The molecule has 0 saturated carbocycles. The summed E-state index contributed by atoms with van der Waals surface area (Å²) in [4.78, 5) is 20.3. The van der Waals surface area contributed by atoms with Crippen LogP contribution in [0.4, 0.5) is 5.82 Å². The monoisotopic (exact) mass is 253 g/mol. The average molecular weight is 253 g/mol. The quantitative estimate of drug-likeness (QED) is 0.754. The van der Waals surface area contributed by atoms with Crippen molar-refractivity contribution in [3.63, 3.8) is 0 Å². The van der Waals surface area contributed by atoms with E-state index in [0.29, 0.717) is 17.2 Å². The van der Waals surface area contributed by atoms with Crippen LogP contribution < -0.4 is 5.32 Å². The molecule has 1 aromatic carbocycles. The molecule has 1 amide bonds. The number of aryl methyl sites for hydroxylation is 1. The molecule has 3 aromatic rings. The molecule has 0 bridgehead atoms. The van der Waals surface area contributed by atoms with Crippen LogP contribution >= 0.6 is 0 Å². The number of carbonyl (C=O) groups excluding carboxylic acids is 1. The molecule has 0 spiro atoms. The van der Waals surface area contributed by atoms with Gasteiger partial charge in [-0.15, -0.1) is 0 Å². The summed E-state index contributed by atoms with van der Waals surface area (Å²) in [5, 5.41) is 6.84. The summed E-state index contributed by atoms with van der Waals surface area (Å²) in [5.74, 6) is 0.820. The Labute approximate surface area is 109 Å². The summed E-state index contributed by atoms with van der Waals surface area (Å²) in [5.41, 5.74) is 1.36. The van der Waals surface area contributed by atoms with Crippen molar-refractivity contribution in [1.82, 2.24) is 19.6 Å². The Morgan fingerprint density at radius 1 is 1.26 bits per heavy atom. The fraction of sp³-hybridized carbons (Fsp3) is 0.0769. The highest BCUT2D eigenvalue weighted by Gasteiger charge is 2.10. The van der Waals surface area contributed by atoms with E-state index in [2.05, 4.69) is 20.4 Å². The van der Waals surface area contributed by atoms with Crippen molar-refractivity contribution in [1.29, 1.82) is 0 Å². The SMILES string of the molecule is Cc1cc(NC(=O)c2ccccc2)n2ncnc2n1. The normalized spacial score (nSPS) is 10.6. The topological polar surface area (TPSA) is 72.2 Å². The predicted octanol–water partition coefficient (Wildman–Crippen LogP) is 1.69. The first kappa shape index (κ1) is 11.3. The van der Waals surface area contributed by atoms with Gasteiger partial charge in [-0.2, -0.15) is 14.6 Å². The Hall–Kier alpha value is -2.76. The molecular weight excluding hydrogens is 242 g/mol. The van der Waals surface area contributed by atoms with Crippen molar-refractivity contribution in [2.75, 3.05) is 5.32 Å². The number of fused-ring (bicyclic) bond motifs is 1. The number of nitrogens with one attached hydrogen (secondary N) is 1. The molecule has 0 aliphatic rings. The molecule has 6 heteroatoms. The summed E-state index contributed by atoms with van der Waals surface area (Å²) in [6, 6.07) is 10.8. The van der Waals surface area contributed by atoms with Crippen LogP contribution in [-0.2, 0) is 0 Å². The molecule has 0 saturated heterocycles. The van der Waals surface area contributed by atoms with Crippen molar-refractivity contribution in [3.05, 3.63) is 54.0 Å². The Morgan fingerprint density at radius 3 is 2.84 bits per heavy atom. The molecule has 6 nitrogen and oxygen atoms in total. The highest BCUT2D eigenvalue weighted by molar-refractivity contribution is 6.03. The van der Waals surface area contributed by atoms with Crippen molar-refractivity contribution >= 4 is 17.5 Å². The maximum atomic E-state index is 12.1. The second kappa shape index (κ2) is 4.49. The van der Waals surface area contributed by atoms with Gasteiger partial charge in [0.25, 0.3) is 11.7 Å². The summed E-state index contributed by atoms with van der Waals surface area (Å²) in [6.45, 7) is 1.84. The van der Waals surface area contributed by atoms with Gasteiger partial charge >= 0.3 is 0 Å². The van der Waals surface area contributed by atoms with Crippen molar-refractivity contribution in [3.8, 4) is 0 Å². The molecule has 3 rings (SSSR count). The van der Waals surface area contributed by atoms with Crippen LogP contribution in [0.1, 0.15) is 16.1 Å². The molecule has 0 radical (unpaired) electrons. The second-order valence-electron chi connectivity index (χ2n) is 4.07. The van der Waals surface area contributed by atoms with Crippen LogP contribution in [0.3, 0.4) is 0 Å². The molecule has 2 aromatic heterocycles. The second-order valence-corrected chi connectivity index (χ2v) is 4.07. The zero-order valence-corrected chi connectivity index (χ0v) is 10.2. The largest absolute Gasteiger partial charge is 0.306 e. The number of aromatic nitrogens is 4. The van der Waals surface area contributed by atoms with Crippen LogP contribution in [0, 0.1) is 6.92 Å². The van der Waals surface area contributed by atoms with Gasteiger partial charge in [0.05, 0.1) is 0 Å². The number of benzene rings is 1. The maximum Gasteiger partial charge on any atom is 0.256 e. The zero-order chi connectivity index (χ0) is 13.2. The van der Waals surface area contributed by atoms with Crippen molar-refractivity contribution < 1.29 is 4.79 Å². The van der Waals surface area contributed by atoms with Crippen molar-refractivity contribution in [2.24, 2.45) is 0 Å². The molecule has 19 heavy (non-hydrogen) atoms. The van der Waals surface area contributed by atoms with Crippen LogP contribution in [0.15, 0.2) is 42.7 Å². The molecule has 0 unspecified atom stereocenters. The van der Waals surface area contributed by atoms with Gasteiger partial charge in [-0.3, -0.25) is 4.79 Å². The number of nitrogens with zero attached hydrogens (tertiary/aromatic N) is 4. The Morgan fingerprint density at radius 2 is 2.05 bits per heavy atom. The predicted molar refractivity (Wildman–Crippen MR) is 69.9 cm³/mol. The van der Waals surface area contributed by atoms with E-state index < -0.39 is 0 Å². The summed E-state index contributed by atoms with van der Waals surface area (Å²) >= 11 is 0. The van der Waals surface area contributed by atoms with E-state index in [0.717, 1.165) is 5.69 Å². The fourth-order valence-electron chi connectivity index (χ4n) is 1.80. The van der Waals surface area contributed by atoms with Crippen molar-refractivity contribution in [2.45, 2.75) is 6.92 Å². The Balaban J connectivity index is 1.97. The number of carbonyl (C=O) groups is 1. The third kappa shape index (κ3) is 2.15. The minimum absolute atomic E-state index is 0.192. The molecule has 1 N–H and O–H groups in total. The van der Waals surface area contributed by atoms with E-state index in [1.165, 1.54) is 10.8 Å².